The highest BCUT2D eigenvalue weighted by molar-refractivity contribution is 7.92. The fraction of sp³-hybridized carbons (Fsp3) is 0.192. The monoisotopic (exact) mass is 525 g/mol. The summed E-state index contributed by atoms with van der Waals surface area (Å²) in [6.45, 7) is 1.18. The predicted molar refractivity (Wildman–Crippen MR) is 138 cm³/mol. The van der Waals surface area contributed by atoms with Crippen LogP contribution in [0.15, 0.2) is 82.8 Å². The van der Waals surface area contributed by atoms with Gasteiger partial charge in [-0.05, 0) is 73.2 Å². The Labute approximate surface area is 215 Å². The van der Waals surface area contributed by atoms with Crippen LogP contribution in [0.2, 0.25) is 0 Å². The molecule has 0 aliphatic rings. The minimum Gasteiger partial charge on any atom is -0.497 e. The zero-order valence-corrected chi connectivity index (χ0v) is 21.4. The topological polar surface area (TPSA) is 124 Å². The van der Waals surface area contributed by atoms with Crippen molar-refractivity contribution in [3.05, 3.63) is 83.9 Å². The molecule has 37 heavy (non-hydrogen) atoms. The van der Waals surface area contributed by atoms with E-state index in [9.17, 15) is 18.0 Å². The van der Waals surface area contributed by atoms with Crippen LogP contribution in [0.3, 0.4) is 0 Å². The number of hydrogen-bond donors (Lipinski definition) is 1. The van der Waals surface area contributed by atoms with Crippen LogP contribution in [0, 0.1) is 6.92 Å². The molecule has 0 atom stereocenters. The minimum atomic E-state index is -4.06. The Morgan fingerprint density at radius 3 is 2.14 bits per heavy atom. The summed E-state index contributed by atoms with van der Waals surface area (Å²) < 4.78 is 42.8. The normalized spacial score (nSPS) is 11.1. The van der Waals surface area contributed by atoms with Gasteiger partial charge in [-0.3, -0.25) is 9.10 Å². The number of hydrogen-bond acceptors (Lipinski definition) is 8. The number of ether oxygens (including phenoxy) is 3. The van der Waals surface area contributed by atoms with Crippen LogP contribution >= 0.6 is 0 Å². The molecule has 3 aromatic carbocycles. The molecule has 0 aromatic heterocycles. The molecule has 0 aliphatic heterocycles. The van der Waals surface area contributed by atoms with Gasteiger partial charge in [0.1, 0.15) is 18.0 Å². The van der Waals surface area contributed by atoms with E-state index in [0.717, 1.165) is 9.87 Å². The second-order valence-electron chi connectivity index (χ2n) is 7.75. The molecule has 0 aliphatic carbocycles. The van der Waals surface area contributed by atoms with Crippen molar-refractivity contribution in [2.45, 2.75) is 11.8 Å². The molecule has 0 radical (unpaired) electrons. The highest BCUT2D eigenvalue weighted by atomic mass is 32.2. The van der Waals surface area contributed by atoms with Crippen LogP contribution in [0.4, 0.5) is 5.69 Å². The van der Waals surface area contributed by atoms with Crippen molar-refractivity contribution < 1.29 is 32.2 Å². The number of esters is 1. The Kier molecular flexibility index (Phi) is 9.22. The van der Waals surface area contributed by atoms with Gasteiger partial charge in [-0.25, -0.2) is 18.6 Å². The van der Waals surface area contributed by atoms with Crippen molar-refractivity contribution in [3.63, 3.8) is 0 Å². The van der Waals surface area contributed by atoms with Crippen LogP contribution in [0.25, 0.3) is 0 Å². The summed E-state index contributed by atoms with van der Waals surface area (Å²) in [5, 5.41) is 3.92. The Bertz CT molecular complexity index is 1340. The highest BCUT2D eigenvalue weighted by Gasteiger charge is 2.27. The average molecular weight is 526 g/mol. The third-order valence-electron chi connectivity index (χ3n) is 5.12. The van der Waals surface area contributed by atoms with E-state index >= 15 is 0 Å². The van der Waals surface area contributed by atoms with Gasteiger partial charge < -0.3 is 14.2 Å². The van der Waals surface area contributed by atoms with Crippen LogP contribution < -0.4 is 19.2 Å². The summed E-state index contributed by atoms with van der Waals surface area (Å²) >= 11 is 0. The summed E-state index contributed by atoms with van der Waals surface area (Å²) in [6, 6.07) is 19.3. The van der Waals surface area contributed by atoms with E-state index < -0.39 is 28.4 Å². The zero-order chi connectivity index (χ0) is 26.8. The van der Waals surface area contributed by atoms with Crippen molar-refractivity contribution in [3.8, 4) is 11.5 Å². The summed E-state index contributed by atoms with van der Waals surface area (Å²) in [5.41, 5.74) is 4.29. The van der Waals surface area contributed by atoms with Crippen molar-refractivity contribution in [2.75, 3.05) is 31.7 Å². The van der Waals surface area contributed by atoms with Gasteiger partial charge >= 0.3 is 5.97 Å². The molecule has 11 heteroatoms. The summed E-state index contributed by atoms with van der Waals surface area (Å²) in [5.74, 6) is -0.158. The van der Waals surface area contributed by atoms with Crippen molar-refractivity contribution in [1.82, 2.24) is 5.43 Å². The van der Waals surface area contributed by atoms with Gasteiger partial charge in [0, 0.05) is 0 Å². The largest absolute Gasteiger partial charge is 0.497 e. The van der Waals surface area contributed by atoms with Crippen LogP contribution in [0.5, 0.6) is 11.5 Å². The molecule has 1 amide bonds. The van der Waals surface area contributed by atoms with Gasteiger partial charge in [0.05, 0.1) is 31.0 Å². The number of sulfonamides is 1. The molecule has 0 spiro atoms. The van der Waals surface area contributed by atoms with E-state index in [1.807, 2.05) is 6.92 Å². The van der Waals surface area contributed by atoms with Gasteiger partial charge in [-0.1, -0.05) is 17.7 Å². The molecule has 0 heterocycles. The van der Waals surface area contributed by atoms with Gasteiger partial charge in [0.25, 0.3) is 15.9 Å². The number of rotatable bonds is 11. The summed E-state index contributed by atoms with van der Waals surface area (Å²) in [7, 11) is -1.31. The van der Waals surface area contributed by atoms with Gasteiger partial charge in [-0.2, -0.15) is 5.10 Å². The number of hydrazone groups is 1. The smallest absolute Gasteiger partial charge is 0.343 e. The minimum absolute atomic E-state index is 0.0136. The fourth-order valence-electron chi connectivity index (χ4n) is 3.10. The lowest BCUT2D eigenvalue weighted by atomic mass is 10.2. The second-order valence-corrected chi connectivity index (χ2v) is 9.61. The van der Waals surface area contributed by atoms with E-state index in [1.54, 1.807) is 48.5 Å². The lowest BCUT2D eigenvalue weighted by Gasteiger charge is -2.24. The first kappa shape index (κ1) is 27.2. The Morgan fingerprint density at radius 2 is 1.54 bits per heavy atom. The number of methoxy groups -OCH3 is 2. The molecule has 1 N–H and O–H groups in total. The molecular weight excluding hydrogens is 498 g/mol. The van der Waals surface area contributed by atoms with Gasteiger partial charge in [0.15, 0.2) is 6.61 Å². The van der Waals surface area contributed by atoms with E-state index in [0.29, 0.717) is 22.7 Å². The number of carbonyl (C=O) groups excluding carboxylic acids is 2. The van der Waals surface area contributed by atoms with Gasteiger partial charge in [0.2, 0.25) is 0 Å². The van der Waals surface area contributed by atoms with Gasteiger partial charge in [-0.15, -0.1) is 0 Å². The molecule has 0 bridgehead atoms. The second kappa shape index (κ2) is 12.5. The molecule has 3 rings (SSSR count). The Hall–Kier alpha value is -4.38. The first-order valence-electron chi connectivity index (χ1n) is 11.1. The molecular formula is C26H27N3O7S. The number of anilines is 1. The summed E-state index contributed by atoms with van der Waals surface area (Å²) in [6.07, 6.45) is 1.40. The molecule has 0 fully saturated rings. The molecule has 0 saturated heterocycles. The number of amides is 1. The maximum atomic E-state index is 13.4. The van der Waals surface area contributed by atoms with E-state index in [1.165, 1.54) is 44.7 Å². The van der Waals surface area contributed by atoms with Crippen LogP contribution in [0.1, 0.15) is 11.1 Å². The number of aryl methyl sites for hydroxylation is 1. The molecule has 0 unspecified atom stereocenters. The standard InChI is InChI=1S/C26H27N3O7S/c1-19-4-8-21(9-5-19)29(37(32,33)24-14-12-22(34-2)13-15-24)17-25(30)28-27-16-20-6-10-23(11-7-20)36-18-26(31)35-3/h4-16H,17-18H2,1-3H3,(H,28,30)/b27-16+. The van der Waals surface area contributed by atoms with E-state index in [4.69, 9.17) is 9.47 Å². The lowest BCUT2D eigenvalue weighted by molar-refractivity contribution is -0.142. The van der Waals surface area contributed by atoms with Crippen LogP contribution in [-0.4, -0.2) is 53.9 Å². The third kappa shape index (κ3) is 7.55. The molecule has 194 valence electrons. The molecule has 10 nitrogen and oxygen atoms in total. The maximum Gasteiger partial charge on any atom is 0.343 e. The first-order valence-corrected chi connectivity index (χ1v) is 12.5. The quantitative estimate of drug-likeness (QED) is 0.232. The average Bonchev–Trinajstić information content (AvgIpc) is 2.91. The SMILES string of the molecule is COC(=O)COc1ccc(/C=N/NC(=O)CN(c2ccc(C)cc2)S(=O)(=O)c2ccc(OC)cc2)cc1. The highest BCUT2D eigenvalue weighted by Crippen LogP contribution is 2.25. The van der Waals surface area contributed by atoms with Crippen molar-refractivity contribution >= 4 is 33.8 Å². The Morgan fingerprint density at radius 1 is 0.919 bits per heavy atom. The summed E-state index contributed by atoms with van der Waals surface area (Å²) in [4.78, 5) is 23.8. The molecule has 3 aromatic rings. The number of nitrogens with zero attached hydrogens (tertiary/aromatic N) is 2. The van der Waals surface area contributed by atoms with Crippen molar-refractivity contribution in [1.29, 1.82) is 0 Å². The van der Waals surface area contributed by atoms with Crippen LogP contribution in [-0.2, 0) is 24.3 Å². The number of benzene rings is 3. The zero-order valence-electron chi connectivity index (χ0n) is 20.6. The third-order valence-corrected chi connectivity index (χ3v) is 6.91. The number of nitrogens with one attached hydrogen (secondary N) is 1. The molecule has 0 saturated carbocycles. The van der Waals surface area contributed by atoms with Crippen molar-refractivity contribution in [2.24, 2.45) is 5.10 Å². The lowest BCUT2D eigenvalue weighted by Crippen LogP contribution is -2.39. The van der Waals surface area contributed by atoms with E-state index in [2.05, 4.69) is 15.3 Å². The maximum absolute atomic E-state index is 13.4. The van der Waals surface area contributed by atoms with E-state index in [-0.39, 0.29) is 11.5 Å². The fourth-order valence-corrected chi connectivity index (χ4v) is 4.52. The first-order chi connectivity index (χ1) is 17.7. The predicted octanol–water partition coefficient (Wildman–Crippen LogP) is 2.90. The Balaban J connectivity index is 1.71. The number of carbonyl (C=O) groups is 2.